The third kappa shape index (κ3) is 31.8. The lowest BCUT2D eigenvalue weighted by molar-refractivity contribution is -0.332. The Hall–Kier alpha value is -1.53. The molecule has 11 atom stereocenters. The summed E-state index contributed by atoms with van der Waals surface area (Å²) in [5.41, 5.74) is 0. The van der Waals surface area contributed by atoms with E-state index in [1.54, 1.807) is 0 Å². The lowest BCUT2D eigenvalue weighted by atomic mass is 9.98. The summed E-state index contributed by atoms with van der Waals surface area (Å²) in [6.07, 6.45) is 33.9. The second kappa shape index (κ2) is 44.7. The molecule has 2 aliphatic heterocycles. The topological polar surface area (TPSA) is 214 Å². The van der Waals surface area contributed by atoms with Crippen LogP contribution in [0, 0.1) is 0 Å². The number of allylic oxidation sites excluding steroid dienone is 4. The summed E-state index contributed by atoms with van der Waals surface area (Å²) in [4.78, 5) is 13.1. The molecule has 0 aromatic heterocycles. The third-order valence-corrected chi connectivity index (χ3v) is 13.9. The van der Waals surface area contributed by atoms with Crippen molar-refractivity contribution in [2.75, 3.05) is 33.0 Å². The number of hydrogen-bond donors (Lipinski definition) is 7. The Morgan fingerprint density at radius 2 is 0.901 bits per heavy atom. The molecule has 2 saturated heterocycles. The molecule has 418 valence electrons. The van der Waals surface area contributed by atoms with Gasteiger partial charge in [-0.3, -0.25) is 4.79 Å². The maximum Gasteiger partial charge on any atom is 0.306 e. The maximum absolute atomic E-state index is 13.1. The van der Waals surface area contributed by atoms with Crippen molar-refractivity contribution in [3.05, 3.63) is 24.3 Å². The van der Waals surface area contributed by atoms with Crippen LogP contribution in [-0.4, -0.2) is 142 Å². The van der Waals surface area contributed by atoms with Gasteiger partial charge >= 0.3 is 5.97 Å². The first-order valence-electron chi connectivity index (χ1n) is 28.9. The van der Waals surface area contributed by atoms with Crippen LogP contribution in [0.25, 0.3) is 0 Å². The number of hydrogen-bond acceptors (Lipinski definition) is 14. The van der Waals surface area contributed by atoms with Crippen LogP contribution in [-0.2, 0) is 33.2 Å². The standard InChI is InChI=1S/C57H106O14/c1-3-5-7-9-11-13-15-17-19-20-21-22-23-24-25-26-27-28-30-32-34-36-38-40-49(59)69-46(43-66-41-39-37-35-33-31-29-18-16-14-12-10-8-6-4-2)44-67-56-55(65)53(63)51(61)48(71-56)45-68-57-54(64)52(62)50(60)47(42-58)70-57/h8,10,14,16,46-48,50-58,60-65H,3-7,9,11-13,15,17-45H2,1-2H3/b10-8-,16-14-. The molecule has 0 bridgehead atoms. The van der Waals surface area contributed by atoms with E-state index in [0.717, 1.165) is 64.2 Å². The minimum atomic E-state index is -1.71. The van der Waals surface area contributed by atoms with Crippen LogP contribution in [0.1, 0.15) is 232 Å². The summed E-state index contributed by atoms with van der Waals surface area (Å²) < 4.78 is 34.4. The SMILES string of the molecule is CCC/C=C\C/C=C\CCCCCCCCOCC(COC1OC(COC2OC(CO)C(O)C(O)C2O)C(O)C(O)C1O)OC(=O)CCCCCCCCCCCCCCCCCCCCCCCCC. The fourth-order valence-electron chi connectivity index (χ4n) is 9.27. The number of unbranched alkanes of at least 4 members (excludes halogenated alkanes) is 29. The second-order valence-electron chi connectivity index (χ2n) is 20.5. The predicted octanol–water partition coefficient (Wildman–Crippen LogP) is 9.97. The molecule has 2 heterocycles. The van der Waals surface area contributed by atoms with Crippen LogP contribution in [0.5, 0.6) is 0 Å². The Morgan fingerprint density at radius 1 is 0.465 bits per heavy atom. The van der Waals surface area contributed by atoms with Gasteiger partial charge in [0, 0.05) is 13.0 Å². The molecule has 14 heteroatoms. The van der Waals surface area contributed by atoms with E-state index >= 15 is 0 Å². The minimum absolute atomic E-state index is 0.0583. The summed E-state index contributed by atoms with van der Waals surface area (Å²) in [5, 5.41) is 72.3. The predicted molar refractivity (Wildman–Crippen MR) is 280 cm³/mol. The lowest BCUT2D eigenvalue weighted by Crippen LogP contribution is -2.61. The van der Waals surface area contributed by atoms with Crippen molar-refractivity contribution in [1.29, 1.82) is 0 Å². The Labute approximate surface area is 430 Å². The van der Waals surface area contributed by atoms with Crippen molar-refractivity contribution >= 4 is 5.97 Å². The summed E-state index contributed by atoms with van der Waals surface area (Å²) in [6.45, 7) is 3.64. The van der Waals surface area contributed by atoms with Crippen molar-refractivity contribution in [2.24, 2.45) is 0 Å². The Bertz CT molecular complexity index is 1270. The Morgan fingerprint density at radius 3 is 1.41 bits per heavy atom. The van der Waals surface area contributed by atoms with E-state index in [-0.39, 0.29) is 25.6 Å². The fourth-order valence-corrected chi connectivity index (χ4v) is 9.27. The van der Waals surface area contributed by atoms with Crippen molar-refractivity contribution in [2.45, 2.75) is 300 Å². The molecule has 11 unspecified atom stereocenters. The summed E-state index contributed by atoms with van der Waals surface area (Å²) >= 11 is 0. The number of esters is 1. The number of carbonyl (C=O) groups excluding carboxylic acids is 1. The van der Waals surface area contributed by atoms with Gasteiger partial charge in [-0.25, -0.2) is 0 Å². The molecule has 7 N–H and O–H groups in total. The van der Waals surface area contributed by atoms with Crippen LogP contribution < -0.4 is 0 Å². The van der Waals surface area contributed by atoms with Gasteiger partial charge in [0.2, 0.25) is 0 Å². The molecule has 0 aromatic carbocycles. The molecule has 0 spiro atoms. The smallest absolute Gasteiger partial charge is 0.306 e. The van der Waals surface area contributed by atoms with Crippen molar-refractivity contribution < 1.29 is 69.0 Å². The first-order chi connectivity index (χ1) is 34.6. The molecule has 2 rings (SSSR count). The van der Waals surface area contributed by atoms with Gasteiger partial charge in [0.15, 0.2) is 12.6 Å². The molecule has 2 aliphatic rings. The molecular weight excluding hydrogens is 909 g/mol. The summed E-state index contributed by atoms with van der Waals surface area (Å²) in [7, 11) is 0. The molecule has 14 nitrogen and oxygen atoms in total. The van der Waals surface area contributed by atoms with Gasteiger partial charge in [0.25, 0.3) is 0 Å². The highest BCUT2D eigenvalue weighted by molar-refractivity contribution is 5.69. The van der Waals surface area contributed by atoms with Crippen LogP contribution in [0.4, 0.5) is 0 Å². The number of aliphatic hydroxyl groups is 7. The molecular formula is C57H106O14. The van der Waals surface area contributed by atoms with Crippen LogP contribution in [0.15, 0.2) is 24.3 Å². The van der Waals surface area contributed by atoms with Gasteiger partial charge in [0.1, 0.15) is 54.9 Å². The highest BCUT2D eigenvalue weighted by atomic mass is 16.7. The molecule has 2 fully saturated rings. The van der Waals surface area contributed by atoms with E-state index < -0.39 is 80.7 Å². The Kier molecular flexibility index (Phi) is 41.3. The first-order valence-corrected chi connectivity index (χ1v) is 28.9. The highest BCUT2D eigenvalue weighted by Crippen LogP contribution is 2.27. The molecule has 71 heavy (non-hydrogen) atoms. The highest BCUT2D eigenvalue weighted by Gasteiger charge is 2.47. The van der Waals surface area contributed by atoms with Gasteiger partial charge in [-0.2, -0.15) is 0 Å². The third-order valence-electron chi connectivity index (χ3n) is 13.9. The average molecular weight is 1020 g/mol. The lowest BCUT2D eigenvalue weighted by Gasteiger charge is -2.42. The fraction of sp³-hybridized carbons (Fsp3) is 0.912. The van der Waals surface area contributed by atoms with Gasteiger partial charge in [-0.1, -0.05) is 212 Å². The molecule has 0 radical (unpaired) electrons. The van der Waals surface area contributed by atoms with Crippen LogP contribution in [0.2, 0.25) is 0 Å². The Balaban J connectivity index is 1.69. The maximum atomic E-state index is 13.1. The second-order valence-corrected chi connectivity index (χ2v) is 20.5. The number of ether oxygens (including phenoxy) is 6. The van der Waals surface area contributed by atoms with Gasteiger partial charge < -0.3 is 64.2 Å². The quantitative estimate of drug-likeness (QED) is 0.0172. The minimum Gasteiger partial charge on any atom is -0.457 e. The van der Waals surface area contributed by atoms with E-state index in [1.807, 2.05) is 0 Å². The zero-order valence-corrected chi connectivity index (χ0v) is 44.7. The monoisotopic (exact) mass is 1010 g/mol. The van der Waals surface area contributed by atoms with E-state index in [9.17, 15) is 40.5 Å². The first kappa shape index (κ1) is 65.6. The van der Waals surface area contributed by atoms with Gasteiger partial charge in [0.05, 0.1) is 26.4 Å². The van der Waals surface area contributed by atoms with Gasteiger partial charge in [-0.05, 0) is 38.5 Å². The molecule has 0 aliphatic carbocycles. The number of aliphatic hydroxyl groups excluding tert-OH is 7. The van der Waals surface area contributed by atoms with E-state index in [2.05, 4.69) is 38.2 Å². The van der Waals surface area contributed by atoms with Crippen molar-refractivity contribution in [3.8, 4) is 0 Å². The summed E-state index contributed by atoms with van der Waals surface area (Å²) in [5.74, 6) is -0.375. The molecule has 0 saturated carbocycles. The van der Waals surface area contributed by atoms with Gasteiger partial charge in [-0.15, -0.1) is 0 Å². The number of carbonyl (C=O) groups is 1. The molecule has 0 amide bonds. The normalized spacial score (nSPS) is 25.4. The average Bonchev–Trinajstić information content (AvgIpc) is 3.37. The summed E-state index contributed by atoms with van der Waals surface area (Å²) in [6, 6.07) is 0. The van der Waals surface area contributed by atoms with E-state index in [0.29, 0.717) is 13.0 Å². The number of rotatable bonds is 47. The zero-order chi connectivity index (χ0) is 51.6. The van der Waals surface area contributed by atoms with E-state index in [1.165, 1.54) is 141 Å². The van der Waals surface area contributed by atoms with Crippen molar-refractivity contribution in [3.63, 3.8) is 0 Å². The van der Waals surface area contributed by atoms with Crippen molar-refractivity contribution in [1.82, 2.24) is 0 Å². The molecule has 0 aromatic rings. The van der Waals surface area contributed by atoms with E-state index in [4.69, 9.17) is 28.4 Å². The van der Waals surface area contributed by atoms with Crippen LogP contribution >= 0.6 is 0 Å². The van der Waals surface area contributed by atoms with Crippen LogP contribution in [0.3, 0.4) is 0 Å². The largest absolute Gasteiger partial charge is 0.457 e. The zero-order valence-electron chi connectivity index (χ0n) is 44.7.